The van der Waals surface area contributed by atoms with Gasteiger partial charge in [-0.25, -0.2) is 0 Å². The molecule has 0 spiro atoms. The molecule has 0 unspecified atom stereocenters. The van der Waals surface area contributed by atoms with E-state index in [0.29, 0.717) is 24.1 Å². The summed E-state index contributed by atoms with van der Waals surface area (Å²) in [5.41, 5.74) is -0.201. The van der Waals surface area contributed by atoms with E-state index in [4.69, 9.17) is 9.47 Å². The zero-order valence-corrected chi connectivity index (χ0v) is 19.1. The monoisotopic (exact) mass is 446 g/mol. The van der Waals surface area contributed by atoms with Crippen LogP contribution in [0, 0.1) is 10.1 Å². The molecule has 0 saturated carbocycles. The molecule has 8 nitrogen and oxygen atoms in total. The number of carbonyl (C=O) groups excluding carboxylic acids is 1. The third-order valence-electron chi connectivity index (χ3n) is 5.52. The number of rotatable bonds is 16. The first-order chi connectivity index (χ1) is 15.5. The molecular weight excluding hydrogens is 412 g/mol. The number of hydrogen-bond donors (Lipinski definition) is 0. The number of hydrogen-bond acceptors (Lipinski definition) is 6. The minimum Gasteiger partial charge on any atom is -0.489 e. The molecule has 0 aliphatic carbocycles. The van der Waals surface area contributed by atoms with Gasteiger partial charge in [0.1, 0.15) is 0 Å². The van der Waals surface area contributed by atoms with Crippen LogP contribution in [-0.4, -0.2) is 22.6 Å². The van der Waals surface area contributed by atoms with Crippen molar-refractivity contribution in [1.82, 2.24) is 4.57 Å². The van der Waals surface area contributed by atoms with Crippen LogP contribution >= 0.6 is 0 Å². The van der Waals surface area contributed by atoms with E-state index >= 15 is 0 Å². The highest BCUT2D eigenvalue weighted by molar-refractivity contribution is 5.90. The maximum atomic E-state index is 13.2. The smallest absolute Gasteiger partial charge is 0.298 e. The molecule has 0 bridgehead atoms. The molecule has 0 atom stereocenters. The molecule has 0 amide bonds. The van der Waals surface area contributed by atoms with Gasteiger partial charge in [-0.15, -0.1) is 0 Å². The van der Waals surface area contributed by atoms with Gasteiger partial charge in [-0.05, 0) is 18.9 Å². The van der Waals surface area contributed by atoms with Gasteiger partial charge in [0.2, 0.25) is 5.75 Å². The van der Waals surface area contributed by atoms with Crippen LogP contribution in [0.25, 0.3) is 10.9 Å². The number of nitro groups is 1. The van der Waals surface area contributed by atoms with Crippen molar-refractivity contribution in [1.29, 1.82) is 0 Å². The van der Waals surface area contributed by atoms with Crippen LogP contribution in [0.15, 0.2) is 23.0 Å². The second-order valence-electron chi connectivity index (χ2n) is 7.96. The van der Waals surface area contributed by atoms with E-state index in [1.165, 1.54) is 23.1 Å². The molecule has 2 aromatic rings. The molecule has 0 fully saturated rings. The topological polar surface area (TPSA) is 101 Å². The number of nitrogens with zero attached hydrogens (tertiary/aromatic N) is 2. The predicted molar refractivity (Wildman–Crippen MR) is 125 cm³/mol. The van der Waals surface area contributed by atoms with Crippen molar-refractivity contribution >= 4 is 23.1 Å². The van der Waals surface area contributed by atoms with Gasteiger partial charge in [-0.2, -0.15) is 0 Å². The second-order valence-corrected chi connectivity index (χ2v) is 7.96. The van der Waals surface area contributed by atoms with Gasteiger partial charge in [0.15, 0.2) is 5.75 Å². The fraction of sp³-hybridized carbons (Fsp3) is 0.583. The summed E-state index contributed by atoms with van der Waals surface area (Å²) in [6.45, 7) is 5.23. The molecule has 32 heavy (non-hydrogen) atoms. The van der Waals surface area contributed by atoms with Crippen LogP contribution in [0.3, 0.4) is 0 Å². The lowest BCUT2D eigenvalue weighted by Crippen LogP contribution is -2.24. The van der Waals surface area contributed by atoms with E-state index in [1.807, 2.05) is 0 Å². The van der Waals surface area contributed by atoms with Gasteiger partial charge in [-0.3, -0.25) is 19.7 Å². The molecular formula is C24H34N2O6. The number of ether oxygens (including phenoxy) is 2. The molecule has 8 heteroatoms. The maximum absolute atomic E-state index is 13.2. The summed E-state index contributed by atoms with van der Waals surface area (Å²) in [6, 6.07) is 4.32. The highest BCUT2D eigenvalue weighted by atomic mass is 16.6. The molecule has 1 aromatic carbocycles. The lowest BCUT2D eigenvalue weighted by Gasteiger charge is -2.17. The molecule has 0 aliphatic rings. The van der Waals surface area contributed by atoms with Gasteiger partial charge < -0.3 is 14.0 Å². The van der Waals surface area contributed by atoms with Crippen molar-refractivity contribution in [2.75, 3.05) is 6.61 Å². The van der Waals surface area contributed by atoms with Crippen molar-refractivity contribution in [3.05, 3.63) is 38.7 Å². The van der Waals surface area contributed by atoms with Crippen molar-refractivity contribution in [2.24, 2.45) is 0 Å². The second kappa shape index (κ2) is 13.5. The maximum Gasteiger partial charge on any atom is 0.298 e. The highest BCUT2D eigenvalue weighted by Crippen LogP contribution is 2.35. The van der Waals surface area contributed by atoms with Crippen LogP contribution < -0.4 is 15.0 Å². The zero-order valence-electron chi connectivity index (χ0n) is 19.1. The van der Waals surface area contributed by atoms with Crippen LogP contribution in [0.5, 0.6) is 11.5 Å². The Kier molecular flexibility index (Phi) is 10.7. The number of fused-ring (bicyclic) bond motifs is 1. The van der Waals surface area contributed by atoms with Gasteiger partial charge in [0.05, 0.1) is 17.0 Å². The van der Waals surface area contributed by atoms with Crippen LogP contribution in [0.4, 0.5) is 5.69 Å². The van der Waals surface area contributed by atoms with Crippen molar-refractivity contribution < 1.29 is 19.2 Å². The summed E-state index contributed by atoms with van der Waals surface area (Å²) < 4.78 is 12.4. The SMILES string of the molecule is CCCCCCCCn1c(=O)c(OC=O)c(OCCCCCC)c2ccc([N+](=O)[O-])cc21. The molecule has 0 radical (unpaired) electrons. The molecule has 0 saturated heterocycles. The van der Waals surface area contributed by atoms with Gasteiger partial charge in [0, 0.05) is 24.1 Å². The standard InChI is InChI=1S/C24H34N2O6/c1-3-5-7-9-10-11-15-25-21-17-19(26(29)30)13-14-20(21)22(23(24(25)28)32-18-27)31-16-12-8-6-4-2/h13-14,17-18H,3-12,15-16H2,1-2H3. The number of non-ortho nitro benzene ring substituents is 1. The Labute approximate surface area is 188 Å². The number of nitro benzene ring substituents is 1. The minimum absolute atomic E-state index is 0.105. The Bertz CT molecular complexity index is 954. The van der Waals surface area contributed by atoms with E-state index in [2.05, 4.69) is 13.8 Å². The summed E-state index contributed by atoms with van der Waals surface area (Å²) >= 11 is 0. The molecule has 1 aromatic heterocycles. The fourth-order valence-corrected chi connectivity index (χ4v) is 3.77. The predicted octanol–water partition coefficient (Wildman–Crippen LogP) is 5.76. The normalized spacial score (nSPS) is 10.9. The Morgan fingerprint density at radius 3 is 2.28 bits per heavy atom. The van der Waals surface area contributed by atoms with Crippen molar-refractivity contribution in [3.63, 3.8) is 0 Å². The Hall–Kier alpha value is -2.90. The largest absolute Gasteiger partial charge is 0.489 e. The number of benzene rings is 1. The van der Waals surface area contributed by atoms with Gasteiger partial charge in [-0.1, -0.05) is 65.2 Å². The van der Waals surface area contributed by atoms with E-state index in [9.17, 15) is 19.7 Å². The summed E-state index contributed by atoms with van der Waals surface area (Å²) in [5, 5.41) is 11.9. The highest BCUT2D eigenvalue weighted by Gasteiger charge is 2.22. The van der Waals surface area contributed by atoms with E-state index in [1.54, 1.807) is 6.07 Å². The Balaban J connectivity index is 2.43. The fourth-order valence-electron chi connectivity index (χ4n) is 3.77. The van der Waals surface area contributed by atoms with E-state index in [0.717, 1.165) is 57.8 Å². The first-order valence-corrected chi connectivity index (χ1v) is 11.6. The number of unbranched alkanes of at least 4 members (excludes halogenated alkanes) is 8. The molecule has 2 rings (SSSR count). The summed E-state index contributed by atoms with van der Waals surface area (Å²) in [4.78, 5) is 35.2. The van der Waals surface area contributed by atoms with Gasteiger partial charge >= 0.3 is 0 Å². The molecule has 1 heterocycles. The average molecular weight is 447 g/mol. The minimum atomic E-state index is -0.512. The number of pyridine rings is 1. The van der Waals surface area contributed by atoms with Crippen LogP contribution in [0.1, 0.15) is 78.1 Å². The average Bonchev–Trinajstić information content (AvgIpc) is 2.79. The van der Waals surface area contributed by atoms with Crippen LogP contribution in [0.2, 0.25) is 0 Å². The molecule has 176 valence electrons. The van der Waals surface area contributed by atoms with Crippen molar-refractivity contribution in [2.45, 2.75) is 84.6 Å². The van der Waals surface area contributed by atoms with Gasteiger partial charge in [0.25, 0.3) is 17.7 Å². The lowest BCUT2D eigenvalue weighted by molar-refractivity contribution is -0.384. The third kappa shape index (κ3) is 6.80. The Morgan fingerprint density at radius 2 is 1.62 bits per heavy atom. The first kappa shape index (κ1) is 25.4. The molecule has 0 aliphatic heterocycles. The number of aromatic nitrogens is 1. The summed E-state index contributed by atoms with van der Waals surface area (Å²) in [6.07, 6.45) is 10.2. The van der Waals surface area contributed by atoms with Crippen LogP contribution in [-0.2, 0) is 11.3 Å². The van der Waals surface area contributed by atoms with Crippen molar-refractivity contribution in [3.8, 4) is 11.5 Å². The van der Waals surface area contributed by atoms with E-state index in [-0.39, 0.29) is 23.7 Å². The third-order valence-corrected chi connectivity index (χ3v) is 5.52. The Morgan fingerprint density at radius 1 is 0.969 bits per heavy atom. The zero-order chi connectivity index (χ0) is 23.3. The lowest BCUT2D eigenvalue weighted by atomic mass is 10.1. The first-order valence-electron chi connectivity index (χ1n) is 11.6. The number of carbonyl (C=O) groups is 1. The number of aryl methyl sites for hydroxylation is 1. The molecule has 0 N–H and O–H groups in total. The van der Waals surface area contributed by atoms with E-state index < -0.39 is 10.5 Å². The summed E-state index contributed by atoms with van der Waals surface area (Å²) in [7, 11) is 0. The quantitative estimate of drug-likeness (QED) is 0.140. The summed E-state index contributed by atoms with van der Waals surface area (Å²) in [5.74, 6) is 0.00511.